The number of aliphatic carboxylic acids is 1. The Hall–Kier alpha value is -4.45. The summed E-state index contributed by atoms with van der Waals surface area (Å²) in [6.07, 6.45) is 2.83. The number of hydrogen-bond donors (Lipinski definition) is 3. The number of likely N-dealkylation sites (N-methyl/N-ethyl adjacent to an activating group) is 1. The number of methoxy groups -OCH3 is 1. The van der Waals surface area contributed by atoms with E-state index in [1.807, 2.05) is 48.9 Å². The van der Waals surface area contributed by atoms with Crippen molar-refractivity contribution in [3.05, 3.63) is 92.8 Å². The highest BCUT2D eigenvalue weighted by molar-refractivity contribution is 6.32. The molecule has 1 aliphatic heterocycles. The molecule has 3 aromatic carbocycles. The van der Waals surface area contributed by atoms with Crippen molar-refractivity contribution in [3.63, 3.8) is 0 Å². The van der Waals surface area contributed by atoms with Gasteiger partial charge in [0, 0.05) is 56.1 Å². The van der Waals surface area contributed by atoms with Crippen LogP contribution in [0.25, 0.3) is 11.1 Å². The number of imidazole rings is 1. The SMILES string of the molecule is COc1cc(OC2CCc3c(-c4cccc(NC(=O)c5nc6c(n5C)CCN(C)C6)c4C)cccc32)c(Cl)c(F)c1CNC1(C(=O)O)CC1. The molecule has 4 aromatic rings. The average molecular weight is 688 g/mol. The van der Waals surface area contributed by atoms with Crippen molar-refractivity contribution < 1.29 is 28.6 Å². The summed E-state index contributed by atoms with van der Waals surface area (Å²) in [4.78, 5) is 32.0. The number of aromatic nitrogens is 2. The van der Waals surface area contributed by atoms with Crippen molar-refractivity contribution in [2.75, 3.05) is 26.0 Å². The van der Waals surface area contributed by atoms with Gasteiger partial charge in [0.1, 0.15) is 28.2 Å². The van der Waals surface area contributed by atoms with Crippen LogP contribution in [0.4, 0.5) is 10.1 Å². The van der Waals surface area contributed by atoms with Gasteiger partial charge in [0.2, 0.25) is 0 Å². The van der Waals surface area contributed by atoms with E-state index in [9.17, 15) is 14.7 Å². The van der Waals surface area contributed by atoms with E-state index < -0.39 is 17.3 Å². The lowest BCUT2D eigenvalue weighted by atomic mass is 9.93. The Morgan fingerprint density at radius 1 is 1.12 bits per heavy atom. The van der Waals surface area contributed by atoms with Crippen LogP contribution in [0.5, 0.6) is 11.5 Å². The number of anilines is 1. The largest absolute Gasteiger partial charge is 0.496 e. The van der Waals surface area contributed by atoms with Crippen LogP contribution in [0, 0.1) is 12.7 Å². The number of benzene rings is 3. The fourth-order valence-electron chi connectivity index (χ4n) is 7.15. The van der Waals surface area contributed by atoms with E-state index in [0.717, 1.165) is 65.1 Å². The van der Waals surface area contributed by atoms with E-state index in [1.54, 1.807) is 6.07 Å². The Balaban J connectivity index is 1.12. The molecule has 0 saturated heterocycles. The number of amides is 1. The van der Waals surface area contributed by atoms with E-state index >= 15 is 4.39 Å². The molecule has 2 aliphatic carbocycles. The number of carboxylic acid groups (broad SMARTS) is 1. The summed E-state index contributed by atoms with van der Waals surface area (Å²) in [6, 6.07) is 13.5. The molecule has 7 rings (SSSR count). The van der Waals surface area contributed by atoms with E-state index in [4.69, 9.17) is 21.1 Å². The highest BCUT2D eigenvalue weighted by Crippen LogP contribution is 2.45. The van der Waals surface area contributed by atoms with Gasteiger partial charge < -0.3 is 29.4 Å². The van der Waals surface area contributed by atoms with Gasteiger partial charge in [-0.25, -0.2) is 9.37 Å². The molecule has 10 nitrogen and oxygen atoms in total. The maximum Gasteiger partial charge on any atom is 0.323 e. The summed E-state index contributed by atoms with van der Waals surface area (Å²) < 4.78 is 29.4. The lowest BCUT2D eigenvalue weighted by molar-refractivity contribution is -0.140. The molecule has 49 heavy (non-hydrogen) atoms. The van der Waals surface area contributed by atoms with Gasteiger partial charge in [0.15, 0.2) is 11.6 Å². The predicted molar refractivity (Wildman–Crippen MR) is 184 cm³/mol. The molecule has 3 aliphatic rings. The molecule has 12 heteroatoms. The van der Waals surface area contributed by atoms with Crippen LogP contribution in [-0.4, -0.2) is 57.7 Å². The second kappa shape index (κ2) is 12.8. The number of ether oxygens (including phenoxy) is 2. The zero-order valence-corrected chi connectivity index (χ0v) is 28.7. The number of carbonyl (C=O) groups excluding carboxylic acids is 1. The van der Waals surface area contributed by atoms with Crippen molar-refractivity contribution in [1.29, 1.82) is 0 Å². The molecule has 0 radical (unpaired) electrons. The van der Waals surface area contributed by atoms with Gasteiger partial charge in [-0.05, 0) is 73.5 Å². The molecule has 1 fully saturated rings. The summed E-state index contributed by atoms with van der Waals surface area (Å²) in [5, 5.41) is 15.4. The first kappa shape index (κ1) is 33.1. The van der Waals surface area contributed by atoms with Crippen molar-refractivity contribution in [3.8, 4) is 22.6 Å². The lowest BCUT2D eigenvalue weighted by Gasteiger charge is -2.21. The zero-order chi connectivity index (χ0) is 34.6. The molecular formula is C37H39ClFN5O5. The van der Waals surface area contributed by atoms with Crippen LogP contribution in [0.2, 0.25) is 5.02 Å². The van der Waals surface area contributed by atoms with E-state index in [0.29, 0.717) is 30.8 Å². The second-order valence-corrected chi connectivity index (χ2v) is 13.6. The molecule has 1 aromatic heterocycles. The summed E-state index contributed by atoms with van der Waals surface area (Å²) in [5.41, 5.74) is 6.93. The third kappa shape index (κ3) is 5.94. The number of hydrogen-bond acceptors (Lipinski definition) is 7. The van der Waals surface area contributed by atoms with Crippen LogP contribution in [0.1, 0.15) is 69.6 Å². The summed E-state index contributed by atoms with van der Waals surface area (Å²) in [7, 11) is 5.38. The monoisotopic (exact) mass is 687 g/mol. The minimum Gasteiger partial charge on any atom is -0.496 e. The predicted octanol–water partition coefficient (Wildman–Crippen LogP) is 6.21. The van der Waals surface area contributed by atoms with Gasteiger partial charge in [-0.15, -0.1) is 0 Å². The number of halogens is 2. The Morgan fingerprint density at radius 2 is 1.88 bits per heavy atom. The summed E-state index contributed by atoms with van der Waals surface area (Å²) in [5.74, 6) is -1.13. The van der Waals surface area contributed by atoms with Crippen LogP contribution in [-0.2, 0) is 37.8 Å². The first-order chi connectivity index (χ1) is 23.5. The lowest BCUT2D eigenvalue weighted by Crippen LogP contribution is -2.38. The molecule has 0 spiro atoms. The van der Waals surface area contributed by atoms with Crippen LogP contribution in [0.3, 0.4) is 0 Å². The van der Waals surface area contributed by atoms with E-state index in [-0.39, 0.29) is 40.6 Å². The number of carboxylic acids is 1. The molecule has 2 heterocycles. The molecule has 256 valence electrons. The Bertz CT molecular complexity index is 1990. The van der Waals surface area contributed by atoms with Gasteiger partial charge >= 0.3 is 5.97 Å². The van der Waals surface area contributed by atoms with Crippen molar-refractivity contribution in [1.82, 2.24) is 19.8 Å². The fourth-order valence-corrected chi connectivity index (χ4v) is 7.36. The minimum absolute atomic E-state index is 0.0445. The summed E-state index contributed by atoms with van der Waals surface area (Å²) in [6.45, 7) is 3.61. The molecule has 0 bridgehead atoms. The smallest absolute Gasteiger partial charge is 0.323 e. The van der Waals surface area contributed by atoms with Crippen molar-refractivity contribution in [2.24, 2.45) is 7.05 Å². The second-order valence-electron chi connectivity index (χ2n) is 13.3. The van der Waals surface area contributed by atoms with Gasteiger partial charge in [-0.2, -0.15) is 0 Å². The standard InChI is InChI=1S/C37H39ClFN5O5/c1-20-21(7-6-10-26(20)42-35(45)34-41-27-19-43(2)16-13-28(27)44(34)3)22-8-5-9-24-23(22)11-12-29(24)49-31-17-30(48-4)25(33(39)32(31)38)18-40-37(14-15-37)36(46)47/h5-10,17,29,40H,11-16,18-19H2,1-4H3,(H,42,45)(H,46,47). The van der Waals surface area contributed by atoms with Crippen LogP contribution >= 0.6 is 11.6 Å². The third-order valence-electron chi connectivity index (χ3n) is 10.2. The zero-order valence-electron chi connectivity index (χ0n) is 28.0. The van der Waals surface area contributed by atoms with Gasteiger partial charge in [-0.3, -0.25) is 14.9 Å². The number of nitrogens with one attached hydrogen (secondary N) is 2. The maximum atomic E-state index is 15.6. The maximum absolute atomic E-state index is 15.6. The number of rotatable bonds is 10. The molecule has 3 N–H and O–H groups in total. The van der Waals surface area contributed by atoms with E-state index in [2.05, 4.69) is 33.6 Å². The average Bonchev–Trinajstić information content (AvgIpc) is 3.67. The molecule has 1 atom stereocenters. The minimum atomic E-state index is -1.04. The number of nitrogens with zero attached hydrogens (tertiary/aromatic N) is 3. The quantitative estimate of drug-likeness (QED) is 0.180. The normalized spacial score (nSPS) is 17.7. The number of carbonyl (C=O) groups is 2. The topological polar surface area (TPSA) is 118 Å². The van der Waals surface area contributed by atoms with Crippen LogP contribution < -0.4 is 20.1 Å². The molecule has 1 saturated carbocycles. The highest BCUT2D eigenvalue weighted by Gasteiger charge is 2.50. The first-order valence-electron chi connectivity index (χ1n) is 16.5. The van der Waals surface area contributed by atoms with E-state index in [1.165, 1.54) is 7.11 Å². The third-order valence-corrected chi connectivity index (χ3v) is 10.6. The fraction of sp³-hybridized carbons (Fsp3) is 0.378. The number of fused-ring (bicyclic) bond motifs is 2. The summed E-state index contributed by atoms with van der Waals surface area (Å²) >= 11 is 6.52. The van der Waals surface area contributed by atoms with Gasteiger partial charge in [0.25, 0.3) is 5.91 Å². The Kier molecular flexibility index (Phi) is 8.62. The Morgan fingerprint density at radius 3 is 2.61 bits per heavy atom. The van der Waals surface area contributed by atoms with Crippen molar-refractivity contribution in [2.45, 2.75) is 63.8 Å². The van der Waals surface area contributed by atoms with Gasteiger partial charge in [-0.1, -0.05) is 41.9 Å². The van der Waals surface area contributed by atoms with Crippen molar-refractivity contribution >= 4 is 29.2 Å². The van der Waals surface area contributed by atoms with Crippen LogP contribution in [0.15, 0.2) is 42.5 Å². The first-order valence-corrected chi connectivity index (χ1v) is 16.8. The highest BCUT2D eigenvalue weighted by atomic mass is 35.5. The molecular weight excluding hydrogens is 649 g/mol. The molecule has 1 amide bonds. The van der Waals surface area contributed by atoms with Gasteiger partial charge in [0.05, 0.1) is 12.8 Å². The molecule has 1 unspecified atom stereocenters. The Labute approximate surface area is 289 Å².